The average Bonchev–Trinajstić information content (AvgIpc) is 2.46. The Hall–Kier alpha value is -0.570. The fourth-order valence-corrected chi connectivity index (χ4v) is 1.93. The predicted octanol–water partition coefficient (Wildman–Crippen LogP) is 5.97. The maximum atomic E-state index is 11.9. The van der Waals surface area contributed by atoms with Gasteiger partial charge in [0.05, 0.1) is 5.60 Å². The van der Waals surface area contributed by atoms with Crippen LogP contribution in [0.2, 0.25) is 0 Å². The number of amides is 1. The monoisotopic (exact) mass is 343 g/mol. The van der Waals surface area contributed by atoms with E-state index in [1.165, 1.54) is 0 Å². The molecule has 0 aromatic rings. The van der Waals surface area contributed by atoms with E-state index in [0.717, 1.165) is 38.8 Å². The second kappa shape index (κ2) is 11.9. The SMILES string of the molecule is CC.CCC(C)(C)CCOC(C)(C)CCC(=O)NCCC(C)(C)C. The average molecular weight is 344 g/mol. The number of carbonyl (C=O) groups excluding carboxylic acids is 1. The molecule has 0 aliphatic carbocycles. The predicted molar refractivity (Wildman–Crippen MR) is 106 cm³/mol. The summed E-state index contributed by atoms with van der Waals surface area (Å²) in [7, 11) is 0. The highest BCUT2D eigenvalue weighted by atomic mass is 16.5. The van der Waals surface area contributed by atoms with Gasteiger partial charge in [0, 0.05) is 19.6 Å². The van der Waals surface area contributed by atoms with Crippen LogP contribution >= 0.6 is 0 Å². The highest BCUT2D eigenvalue weighted by Crippen LogP contribution is 2.26. The Morgan fingerprint density at radius 2 is 1.46 bits per heavy atom. The van der Waals surface area contributed by atoms with Crippen molar-refractivity contribution in [2.45, 2.75) is 107 Å². The van der Waals surface area contributed by atoms with Crippen molar-refractivity contribution >= 4 is 5.91 Å². The number of hydrogen-bond donors (Lipinski definition) is 1. The molecular weight excluding hydrogens is 298 g/mol. The lowest BCUT2D eigenvalue weighted by atomic mass is 9.87. The first kappa shape index (κ1) is 25.7. The zero-order chi connectivity index (χ0) is 19.4. The van der Waals surface area contributed by atoms with Crippen LogP contribution in [0.5, 0.6) is 0 Å². The van der Waals surface area contributed by atoms with E-state index in [4.69, 9.17) is 4.74 Å². The lowest BCUT2D eigenvalue weighted by Crippen LogP contribution is -2.31. The van der Waals surface area contributed by atoms with E-state index in [-0.39, 0.29) is 16.9 Å². The third-order valence-electron chi connectivity index (χ3n) is 4.38. The van der Waals surface area contributed by atoms with Crippen LogP contribution in [0, 0.1) is 10.8 Å². The van der Waals surface area contributed by atoms with Crippen LogP contribution in [0.25, 0.3) is 0 Å². The third-order valence-corrected chi connectivity index (χ3v) is 4.38. The first-order chi connectivity index (χ1) is 10.9. The number of nitrogens with one attached hydrogen (secondary N) is 1. The van der Waals surface area contributed by atoms with Crippen LogP contribution < -0.4 is 5.32 Å². The molecule has 0 atom stereocenters. The van der Waals surface area contributed by atoms with Crippen molar-refractivity contribution in [2.75, 3.05) is 13.2 Å². The van der Waals surface area contributed by atoms with Crippen LogP contribution in [0.3, 0.4) is 0 Å². The van der Waals surface area contributed by atoms with Crippen LogP contribution in [0.1, 0.15) is 101 Å². The molecule has 3 nitrogen and oxygen atoms in total. The Balaban J connectivity index is 0. The van der Waals surface area contributed by atoms with Gasteiger partial charge in [-0.15, -0.1) is 0 Å². The molecule has 0 aromatic heterocycles. The topological polar surface area (TPSA) is 38.3 Å². The van der Waals surface area contributed by atoms with E-state index in [9.17, 15) is 4.79 Å². The molecule has 0 aliphatic heterocycles. The zero-order valence-electron chi connectivity index (χ0n) is 18.3. The smallest absolute Gasteiger partial charge is 0.220 e. The van der Waals surface area contributed by atoms with Crippen LogP contribution in [-0.2, 0) is 9.53 Å². The molecule has 0 saturated carbocycles. The van der Waals surface area contributed by atoms with Gasteiger partial charge in [-0.2, -0.15) is 0 Å². The molecule has 146 valence electrons. The molecule has 3 heteroatoms. The Bertz CT molecular complexity index is 327. The summed E-state index contributed by atoms with van der Waals surface area (Å²) in [5.41, 5.74) is 0.368. The van der Waals surface area contributed by atoms with Crippen molar-refractivity contribution in [3.05, 3.63) is 0 Å². The molecule has 0 spiro atoms. The second-order valence-electron chi connectivity index (χ2n) is 9.04. The van der Waals surface area contributed by atoms with Gasteiger partial charge in [-0.3, -0.25) is 4.79 Å². The standard InChI is InChI=1S/C19H39NO2.C2H6/c1-9-18(5,6)13-15-22-19(7,8)11-10-16(21)20-14-12-17(2,3)4;1-2/h9-15H2,1-8H3,(H,20,21);1-2H3. The van der Waals surface area contributed by atoms with Gasteiger partial charge in [0.2, 0.25) is 5.91 Å². The zero-order valence-corrected chi connectivity index (χ0v) is 18.3. The fourth-order valence-electron chi connectivity index (χ4n) is 1.93. The highest BCUT2D eigenvalue weighted by Gasteiger charge is 2.22. The molecular formula is C21H45NO2. The Morgan fingerprint density at radius 1 is 0.917 bits per heavy atom. The normalized spacial score (nSPS) is 12.4. The Kier molecular flexibility index (Phi) is 12.7. The van der Waals surface area contributed by atoms with Gasteiger partial charge in [0.1, 0.15) is 0 Å². The van der Waals surface area contributed by atoms with Crippen molar-refractivity contribution < 1.29 is 9.53 Å². The molecule has 1 amide bonds. The summed E-state index contributed by atoms with van der Waals surface area (Å²) in [6.07, 6.45) is 4.53. The van der Waals surface area contributed by atoms with Crippen LogP contribution in [-0.4, -0.2) is 24.7 Å². The van der Waals surface area contributed by atoms with Crippen LogP contribution in [0.15, 0.2) is 0 Å². The van der Waals surface area contributed by atoms with Gasteiger partial charge in [-0.25, -0.2) is 0 Å². The van der Waals surface area contributed by atoms with Crippen molar-refractivity contribution in [1.29, 1.82) is 0 Å². The molecule has 0 fully saturated rings. The number of ether oxygens (including phenoxy) is 1. The molecule has 24 heavy (non-hydrogen) atoms. The summed E-state index contributed by atoms with van der Waals surface area (Å²) >= 11 is 0. The summed E-state index contributed by atoms with van der Waals surface area (Å²) in [5, 5.41) is 3.01. The van der Waals surface area contributed by atoms with Gasteiger partial charge < -0.3 is 10.1 Å². The molecule has 0 rings (SSSR count). The van der Waals surface area contributed by atoms with E-state index in [2.05, 4.69) is 60.7 Å². The maximum Gasteiger partial charge on any atom is 0.220 e. The van der Waals surface area contributed by atoms with E-state index in [1.54, 1.807) is 0 Å². The van der Waals surface area contributed by atoms with E-state index >= 15 is 0 Å². The molecule has 1 N–H and O–H groups in total. The summed E-state index contributed by atoms with van der Waals surface area (Å²) < 4.78 is 6.00. The molecule has 0 aromatic carbocycles. The Labute approximate surface area is 152 Å². The summed E-state index contributed by atoms with van der Waals surface area (Å²) in [5.74, 6) is 0.134. The third kappa shape index (κ3) is 16.3. The molecule has 0 aliphatic rings. The maximum absolute atomic E-state index is 11.9. The van der Waals surface area contributed by atoms with E-state index in [1.807, 2.05) is 13.8 Å². The molecule has 0 bridgehead atoms. The first-order valence-corrected chi connectivity index (χ1v) is 9.78. The Morgan fingerprint density at radius 3 is 1.92 bits per heavy atom. The molecule has 0 heterocycles. The fraction of sp³-hybridized carbons (Fsp3) is 0.952. The largest absolute Gasteiger partial charge is 0.376 e. The first-order valence-electron chi connectivity index (χ1n) is 9.78. The van der Waals surface area contributed by atoms with Crippen LogP contribution in [0.4, 0.5) is 0 Å². The minimum absolute atomic E-state index is 0.134. The minimum Gasteiger partial charge on any atom is -0.376 e. The van der Waals surface area contributed by atoms with Gasteiger partial charge in [0.15, 0.2) is 0 Å². The number of carbonyl (C=O) groups is 1. The van der Waals surface area contributed by atoms with Gasteiger partial charge >= 0.3 is 0 Å². The van der Waals surface area contributed by atoms with E-state index in [0.29, 0.717) is 11.8 Å². The lowest BCUT2D eigenvalue weighted by Gasteiger charge is -2.29. The molecule has 0 radical (unpaired) electrons. The van der Waals surface area contributed by atoms with Gasteiger partial charge in [-0.05, 0) is 43.9 Å². The van der Waals surface area contributed by atoms with Crippen molar-refractivity contribution in [3.63, 3.8) is 0 Å². The highest BCUT2D eigenvalue weighted by molar-refractivity contribution is 5.75. The summed E-state index contributed by atoms with van der Waals surface area (Å²) in [6.45, 7) is 23.0. The van der Waals surface area contributed by atoms with Crippen molar-refractivity contribution in [1.82, 2.24) is 5.32 Å². The van der Waals surface area contributed by atoms with E-state index < -0.39 is 0 Å². The van der Waals surface area contributed by atoms with Gasteiger partial charge in [-0.1, -0.05) is 61.8 Å². The van der Waals surface area contributed by atoms with Gasteiger partial charge in [0.25, 0.3) is 0 Å². The summed E-state index contributed by atoms with van der Waals surface area (Å²) in [4.78, 5) is 11.9. The number of hydrogen-bond acceptors (Lipinski definition) is 2. The van der Waals surface area contributed by atoms with Crippen molar-refractivity contribution in [3.8, 4) is 0 Å². The second-order valence-corrected chi connectivity index (χ2v) is 9.04. The van der Waals surface area contributed by atoms with Crippen molar-refractivity contribution in [2.24, 2.45) is 10.8 Å². The number of rotatable bonds is 10. The summed E-state index contributed by atoms with van der Waals surface area (Å²) in [6, 6.07) is 0. The minimum atomic E-state index is -0.231. The quantitative estimate of drug-likeness (QED) is 0.531. The lowest BCUT2D eigenvalue weighted by molar-refractivity contribution is -0.123. The molecule has 0 saturated heterocycles. The molecule has 0 unspecified atom stereocenters.